The second-order valence-corrected chi connectivity index (χ2v) is 17.8. The quantitative estimate of drug-likeness (QED) is 0.0262. The van der Waals surface area contributed by atoms with Gasteiger partial charge in [-0.2, -0.15) is 0 Å². The van der Waals surface area contributed by atoms with E-state index in [1.165, 1.54) is 141 Å². The van der Waals surface area contributed by atoms with Crippen molar-refractivity contribution < 1.29 is 28.6 Å². The van der Waals surface area contributed by atoms with E-state index in [-0.39, 0.29) is 37.5 Å². The molecule has 0 spiro atoms. The summed E-state index contributed by atoms with van der Waals surface area (Å²) in [6.45, 7) is 6.46. The Bertz CT molecular complexity index is 1150. The van der Waals surface area contributed by atoms with E-state index in [0.717, 1.165) is 77.0 Å². The first kappa shape index (κ1) is 60.1. The van der Waals surface area contributed by atoms with Crippen molar-refractivity contribution in [3.63, 3.8) is 0 Å². The molecule has 0 rings (SSSR count). The third kappa shape index (κ3) is 50.0. The number of unbranched alkanes of at least 4 members (excludes halogenated alkanes) is 27. The first-order chi connectivity index (χ1) is 31.0. The molecule has 0 aliphatic carbocycles. The molecule has 1 unspecified atom stereocenters. The third-order valence-corrected chi connectivity index (χ3v) is 11.5. The first-order valence-electron chi connectivity index (χ1n) is 26.8. The van der Waals surface area contributed by atoms with Gasteiger partial charge in [-0.3, -0.25) is 14.4 Å². The van der Waals surface area contributed by atoms with Crippen LogP contribution in [0, 0.1) is 0 Å². The van der Waals surface area contributed by atoms with Crippen LogP contribution in [-0.4, -0.2) is 37.2 Å². The molecule has 0 aromatic heterocycles. The van der Waals surface area contributed by atoms with E-state index in [1.807, 2.05) is 6.08 Å². The largest absolute Gasteiger partial charge is 0.462 e. The van der Waals surface area contributed by atoms with Gasteiger partial charge in [-0.1, -0.05) is 236 Å². The Morgan fingerprint density at radius 3 is 1.06 bits per heavy atom. The van der Waals surface area contributed by atoms with Crippen molar-refractivity contribution in [2.75, 3.05) is 13.2 Å². The number of hydrogen-bond donors (Lipinski definition) is 0. The van der Waals surface area contributed by atoms with Crippen molar-refractivity contribution in [1.29, 1.82) is 0 Å². The van der Waals surface area contributed by atoms with E-state index in [4.69, 9.17) is 14.2 Å². The zero-order valence-electron chi connectivity index (χ0n) is 41.6. The van der Waals surface area contributed by atoms with Crippen LogP contribution in [0.25, 0.3) is 0 Å². The third-order valence-electron chi connectivity index (χ3n) is 11.5. The molecule has 0 aromatic rings. The average molecular weight is 881 g/mol. The molecule has 0 aromatic carbocycles. The van der Waals surface area contributed by atoms with Crippen LogP contribution in [0.2, 0.25) is 0 Å². The van der Waals surface area contributed by atoms with Crippen molar-refractivity contribution in [2.45, 2.75) is 271 Å². The number of esters is 3. The summed E-state index contributed by atoms with van der Waals surface area (Å²) in [6.07, 6.45) is 63.7. The molecule has 1 atom stereocenters. The summed E-state index contributed by atoms with van der Waals surface area (Å²) in [4.78, 5) is 38.0. The summed E-state index contributed by atoms with van der Waals surface area (Å²) in [5, 5.41) is 0. The highest BCUT2D eigenvalue weighted by atomic mass is 16.6. The highest BCUT2D eigenvalue weighted by molar-refractivity contribution is 5.71. The fourth-order valence-corrected chi connectivity index (χ4v) is 7.51. The number of ether oxygens (including phenoxy) is 3. The summed E-state index contributed by atoms with van der Waals surface area (Å²) >= 11 is 0. The summed E-state index contributed by atoms with van der Waals surface area (Å²) in [7, 11) is 0. The lowest BCUT2D eigenvalue weighted by Gasteiger charge is -2.18. The number of rotatable bonds is 48. The molecule has 0 aliphatic rings. The van der Waals surface area contributed by atoms with Gasteiger partial charge in [0.2, 0.25) is 0 Å². The van der Waals surface area contributed by atoms with Crippen molar-refractivity contribution >= 4 is 17.9 Å². The van der Waals surface area contributed by atoms with E-state index in [1.54, 1.807) is 0 Å². The Balaban J connectivity index is 4.41. The van der Waals surface area contributed by atoms with Gasteiger partial charge in [0.15, 0.2) is 6.10 Å². The highest BCUT2D eigenvalue weighted by Gasteiger charge is 2.19. The molecular weight excluding hydrogens is 781 g/mol. The molecule has 0 saturated carbocycles. The van der Waals surface area contributed by atoms with Gasteiger partial charge in [-0.05, 0) is 70.6 Å². The molecule has 0 aliphatic heterocycles. The van der Waals surface area contributed by atoms with Crippen LogP contribution in [0.4, 0.5) is 0 Å². The molecule has 0 bridgehead atoms. The minimum absolute atomic E-state index is 0.0972. The van der Waals surface area contributed by atoms with Crippen LogP contribution in [0.5, 0.6) is 0 Å². The van der Waals surface area contributed by atoms with Crippen LogP contribution in [0.15, 0.2) is 60.8 Å². The minimum Gasteiger partial charge on any atom is -0.462 e. The Morgan fingerprint density at radius 2 is 0.651 bits per heavy atom. The summed E-state index contributed by atoms with van der Waals surface area (Å²) < 4.78 is 16.7. The second-order valence-electron chi connectivity index (χ2n) is 17.8. The Morgan fingerprint density at radius 1 is 0.333 bits per heavy atom. The fraction of sp³-hybridized carbons (Fsp3) is 0.772. The minimum atomic E-state index is -0.804. The van der Waals surface area contributed by atoms with E-state index >= 15 is 0 Å². The number of carbonyl (C=O) groups is 3. The van der Waals surface area contributed by atoms with Gasteiger partial charge in [0, 0.05) is 19.3 Å². The first-order valence-corrected chi connectivity index (χ1v) is 26.8. The predicted octanol–water partition coefficient (Wildman–Crippen LogP) is 17.6. The highest BCUT2D eigenvalue weighted by Crippen LogP contribution is 2.16. The standard InChI is InChI=1S/C57H100O6/c1-4-7-10-13-16-19-22-25-27-28-29-30-33-35-38-41-44-47-50-56(59)62-53-54(52-61-55(58)49-46-43-40-37-34-31-24-21-18-15-12-9-6-3)63-57(60)51-48-45-42-39-36-32-26-23-20-17-14-11-8-5-2/h9,12,18,21,23,26,31,34,40,43,54H,4-8,10-11,13-17,19-20,22,24-25,27-30,32-33,35-39,41-42,44-53H2,1-3H3/b12-9-,21-18-,26-23-,34-31-,43-40-. The number of allylic oxidation sites excluding steroid dienone is 10. The maximum Gasteiger partial charge on any atom is 0.306 e. The lowest BCUT2D eigenvalue weighted by atomic mass is 10.0. The molecule has 0 radical (unpaired) electrons. The lowest BCUT2D eigenvalue weighted by molar-refractivity contribution is -0.166. The van der Waals surface area contributed by atoms with E-state index in [2.05, 4.69) is 75.5 Å². The maximum atomic E-state index is 12.8. The van der Waals surface area contributed by atoms with E-state index in [0.29, 0.717) is 19.3 Å². The molecule has 6 heteroatoms. The molecule has 63 heavy (non-hydrogen) atoms. The predicted molar refractivity (Wildman–Crippen MR) is 270 cm³/mol. The van der Waals surface area contributed by atoms with Crippen molar-refractivity contribution in [3.8, 4) is 0 Å². The van der Waals surface area contributed by atoms with Crippen molar-refractivity contribution in [1.82, 2.24) is 0 Å². The molecule has 0 N–H and O–H groups in total. The number of carbonyl (C=O) groups excluding carboxylic acids is 3. The monoisotopic (exact) mass is 881 g/mol. The SMILES string of the molecule is CC/C=C\C/C=C\C/C=C\C/C=C\CCC(=O)OCC(COC(=O)CCCCCCCCCCCCCCCCCCCC)OC(=O)CCCCCCC/C=C\CCCCCCC. The smallest absolute Gasteiger partial charge is 0.306 e. The van der Waals surface area contributed by atoms with Crippen LogP contribution >= 0.6 is 0 Å². The van der Waals surface area contributed by atoms with Gasteiger partial charge in [0.1, 0.15) is 13.2 Å². The van der Waals surface area contributed by atoms with Gasteiger partial charge in [0.25, 0.3) is 0 Å². The molecule has 0 saturated heterocycles. The Labute approximate surface area is 390 Å². The average Bonchev–Trinajstić information content (AvgIpc) is 3.28. The Kier molecular flexibility index (Phi) is 49.4. The van der Waals surface area contributed by atoms with Crippen LogP contribution in [0.1, 0.15) is 265 Å². The van der Waals surface area contributed by atoms with Gasteiger partial charge in [-0.15, -0.1) is 0 Å². The molecule has 6 nitrogen and oxygen atoms in total. The summed E-state index contributed by atoms with van der Waals surface area (Å²) in [5.74, 6) is -0.984. The van der Waals surface area contributed by atoms with Gasteiger partial charge in [0.05, 0.1) is 0 Å². The van der Waals surface area contributed by atoms with Gasteiger partial charge >= 0.3 is 17.9 Å². The van der Waals surface area contributed by atoms with Crippen LogP contribution < -0.4 is 0 Å². The lowest BCUT2D eigenvalue weighted by Crippen LogP contribution is -2.30. The second kappa shape index (κ2) is 51.7. The van der Waals surface area contributed by atoms with Crippen molar-refractivity contribution in [2.24, 2.45) is 0 Å². The summed E-state index contributed by atoms with van der Waals surface area (Å²) in [6, 6.07) is 0. The zero-order valence-corrected chi connectivity index (χ0v) is 41.6. The van der Waals surface area contributed by atoms with Crippen molar-refractivity contribution in [3.05, 3.63) is 60.8 Å². The molecule has 364 valence electrons. The molecule has 0 fully saturated rings. The molecule has 0 amide bonds. The fourth-order valence-electron chi connectivity index (χ4n) is 7.51. The van der Waals surface area contributed by atoms with Gasteiger partial charge < -0.3 is 14.2 Å². The molecule has 0 heterocycles. The van der Waals surface area contributed by atoms with Crippen LogP contribution in [0.3, 0.4) is 0 Å². The van der Waals surface area contributed by atoms with Gasteiger partial charge in [-0.25, -0.2) is 0 Å². The van der Waals surface area contributed by atoms with Crippen LogP contribution in [-0.2, 0) is 28.6 Å². The Hall–Kier alpha value is -2.89. The molecular formula is C57H100O6. The normalized spacial score (nSPS) is 12.5. The van der Waals surface area contributed by atoms with E-state index < -0.39 is 6.10 Å². The topological polar surface area (TPSA) is 78.9 Å². The number of hydrogen-bond acceptors (Lipinski definition) is 6. The zero-order chi connectivity index (χ0) is 45.8. The maximum absolute atomic E-state index is 12.8. The summed E-state index contributed by atoms with van der Waals surface area (Å²) in [5.41, 5.74) is 0. The van der Waals surface area contributed by atoms with E-state index in [9.17, 15) is 14.4 Å².